The van der Waals surface area contributed by atoms with Gasteiger partial charge in [0.05, 0.1) is 11.2 Å². The molecule has 23 heavy (non-hydrogen) atoms. The fraction of sp³-hybridized carbons (Fsp3) is 0.333. The predicted octanol–water partition coefficient (Wildman–Crippen LogP) is 4.07. The van der Waals surface area contributed by atoms with Crippen LogP contribution in [0.3, 0.4) is 0 Å². The smallest absolute Gasteiger partial charge is 0.265 e. The maximum atomic E-state index is 12.5. The minimum Gasteiger partial charge on any atom is -0.338 e. The lowest BCUT2D eigenvalue weighted by molar-refractivity contribution is 0.0702. The maximum Gasteiger partial charge on any atom is 0.265 e. The third-order valence-corrected chi connectivity index (χ3v) is 5.20. The van der Waals surface area contributed by atoms with Gasteiger partial charge in [0, 0.05) is 18.7 Å². The summed E-state index contributed by atoms with van der Waals surface area (Å²) in [5.41, 5.74) is 0.766. The fourth-order valence-corrected chi connectivity index (χ4v) is 3.40. The Hall–Kier alpha value is -1.83. The molecule has 1 saturated heterocycles. The normalized spacial score (nSPS) is 15.1. The highest BCUT2D eigenvalue weighted by atomic mass is 35.5. The van der Waals surface area contributed by atoms with Gasteiger partial charge in [0.15, 0.2) is 5.01 Å². The van der Waals surface area contributed by atoms with Gasteiger partial charge in [-0.15, -0.1) is 11.3 Å². The van der Waals surface area contributed by atoms with E-state index >= 15 is 0 Å². The third kappa shape index (κ3) is 3.93. The van der Waals surface area contributed by atoms with Crippen LogP contribution in [0.15, 0.2) is 30.5 Å². The quantitative estimate of drug-likeness (QED) is 0.731. The lowest BCUT2D eigenvalue weighted by Gasteiger charge is -2.29. The van der Waals surface area contributed by atoms with E-state index < -0.39 is 0 Å². The summed E-state index contributed by atoms with van der Waals surface area (Å²) >= 11 is 7.42. The number of halogens is 1. The molecule has 0 spiro atoms. The summed E-state index contributed by atoms with van der Waals surface area (Å²) in [5, 5.41) is 1.26. The van der Waals surface area contributed by atoms with Crippen LogP contribution in [0.1, 0.15) is 40.0 Å². The average Bonchev–Trinajstić information content (AvgIpc) is 3.03. The van der Waals surface area contributed by atoms with Crippen molar-refractivity contribution in [1.82, 2.24) is 9.88 Å². The number of hydrogen-bond acceptors (Lipinski definition) is 3. The van der Waals surface area contributed by atoms with Crippen molar-refractivity contribution in [2.24, 2.45) is 5.92 Å². The Kier molecular flexibility index (Phi) is 5.00. The molecular weight excluding hydrogens is 328 g/mol. The maximum absolute atomic E-state index is 12.5. The van der Waals surface area contributed by atoms with E-state index in [1.165, 1.54) is 11.3 Å². The van der Waals surface area contributed by atoms with Crippen molar-refractivity contribution in [1.29, 1.82) is 0 Å². The van der Waals surface area contributed by atoms with E-state index in [1.54, 1.807) is 12.3 Å². The Morgan fingerprint density at radius 1 is 1.30 bits per heavy atom. The number of nitrogens with zero attached hydrogens (tertiary/aromatic N) is 2. The van der Waals surface area contributed by atoms with Crippen molar-refractivity contribution in [2.45, 2.75) is 19.8 Å². The first-order valence-corrected chi connectivity index (χ1v) is 8.84. The van der Waals surface area contributed by atoms with Crippen LogP contribution in [0.5, 0.6) is 0 Å². The summed E-state index contributed by atoms with van der Waals surface area (Å²) in [7, 11) is 0. The molecule has 1 aliphatic heterocycles. The highest BCUT2D eigenvalue weighted by Crippen LogP contribution is 2.21. The van der Waals surface area contributed by atoms with Gasteiger partial charge in [0.2, 0.25) is 0 Å². The number of carbonyl (C=O) groups excluding carboxylic acids is 1. The van der Waals surface area contributed by atoms with Crippen LogP contribution >= 0.6 is 22.9 Å². The molecule has 0 unspecified atom stereocenters. The summed E-state index contributed by atoms with van der Waals surface area (Å²) < 4.78 is 0. The second-order valence-electron chi connectivity index (χ2n) is 5.73. The molecule has 0 saturated carbocycles. The van der Waals surface area contributed by atoms with Crippen LogP contribution in [0, 0.1) is 17.8 Å². The van der Waals surface area contributed by atoms with Gasteiger partial charge in [0.25, 0.3) is 5.91 Å². The van der Waals surface area contributed by atoms with Crippen molar-refractivity contribution in [2.75, 3.05) is 13.1 Å². The minimum atomic E-state index is 0.0696. The van der Waals surface area contributed by atoms with Gasteiger partial charge in [-0.25, -0.2) is 4.98 Å². The minimum absolute atomic E-state index is 0.0696. The standard InChI is InChI=1S/C18H17ClN2OS/c1-13-8-10-21(11-9-13)18(22)16-12-20-17(23-16)7-6-14-4-2-3-5-15(14)19/h2-5,12-13H,8-11H2,1H3. The fourth-order valence-electron chi connectivity index (χ4n) is 2.48. The molecule has 0 atom stereocenters. The van der Waals surface area contributed by atoms with Gasteiger partial charge in [-0.05, 0) is 36.8 Å². The first-order chi connectivity index (χ1) is 11.1. The molecular formula is C18H17ClN2OS. The second kappa shape index (κ2) is 7.16. The molecule has 2 heterocycles. The SMILES string of the molecule is CC1CCN(C(=O)c2cnc(C#Cc3ccccc3Cl)s2)CC1. The van der Waals surface area contributed by atoms with Crippen LogP contribution in [0.25, 0.3) is 0 Å². The second-order valence-corrected chi connectivity index (χ2v) is 7.17. The Labute approximate surface area is 145 Å². The van der Waals surface area contributed by atoms with Crippen molar-refractivity contribution < 1.29 is 4.79 Å². The van der Waals surface area contributed by atoms with Gasteiger partial charge in [0.1, 0.15) is 4.88 Å². The molecule has 0 bridgehead atoms. The van der Waals surface area contributed by atoms with Crippen LogP contribution in [-0.4, -0.2) is 28.9 Å². The number of carbonyl (C=O) groups is 1. The highest BCUT2D eigenvalue weighted by molar-refractivity contribution is 7.14. The third-order valence-electron chi connectivity index (χ3n) is 3.97. The monoisotopic (exact) mass is 344 g/mol. The van der Waals surface area contributed by atoms with Crippen molar-refractivity contribution >= 4 is 28.8 Å². The van der Waals surface area contributed by atoms with Crippen LogP contribution in [0.4, 0.5) is 0 Å². The summed E-state index contributed by atoms with van der Waals surface area (Å²) in [6, 6.07) is 7.43. The van der Waals surface area contributed by atoms with Gasteiger partial charge in [-0.2, -0.15) is 0 Å². The molecule has 1 fully saturated rings. The lowest BCUT2D eigenvalue weighted by atomic mass is 9.99. The van der Waals surface area contributed by atoms with Crippen molar-refractivity contribution in [3.63, 3.8) is 0 Å². The molecule has 1 amide bonds. The number of rotatable bonds is 1. The molecule has 0 radical (unpaired) electrons. The van der Waals surface area contributed by atoms with E-state index in [4.69, 9.17) is 11.6 Å². The number of benzene rings is 1. The zero-order chi connectivity index (χ0) is 16.2. The molecule has 3 nitrogen and oxygen atoms in total. The Morgan fingerprint density at radius 2 is 2.04 bits per heavy atom. The molecule has 5 heteroatoms. The topological polar surface area (TPSA) is 33.2 Å². The Bertz CT molecular complexity index is 767. The molecule has 1 aliphatic rings. The van der Waals surface area contributed by atoms with Gasteiger partial charge in [-0.3, -0.25) is 4.79 Å². The van der Waals surface area contributed by atoms with Gasteiger partial charge in [-0.1, -0.05) is 36.6 Å². The summed E-state index contributed by atoms with van der Waals surface area (Å²) in [6.07, 6.45) is 3.77. The van der Waals surface area contributed by atoms with E-state index in [2.05, 4.69) is 23.7 Å². The molecule has 0 N–H and O–H groups in total. The molecule has 2 aromatic rings. The number of amides is 1. The lowest BCUT2D eigenvalue weighted by Crippen LogP contribution is -2.37. The summed E-state index contributed by atoms with van der Waals surface area (Å²) in [6.45, 7) is 3.90. The first-order valence-electron chi connectivity index (χ1n) is 7.65. The van der Waals surface area contributed by atoms with E-state index in [-0.39, 0.29) is 5.91 Å². The zero-order valence-corrected chi connectivity index (χ0v) is 14.5. The molecule has 1 aromatic heterocycles. The van der Waals surface area contributed by atoms with E-state index in [1.807, 2.05) is 23.1 Å². The molecule has 3 rings (SSSR count). The first kappa shape index (κ1) is 16.0. The molecule has 1 aromatic carbocycles. The van der Waals surface area contributed by atoms with E-state index in [0.29, 0.717) is 20.8 Å². The van der Waals surface area contributed by atoms with Gasteiger partial charge >= 0.3 is 0 Å². The van der Waals surface area contributed by atoms with E-state index in [0.717, 1.165) is 31.5 Å². The van der Waals surface area contributed by atoms with Crippen LogP contribution in [0.2, 0.25) is 5.02 Å². The Morgan fingerprint density at radius 3 is 2.78 bits per heavy atom. The molecule has 0 aliphatic carbocycles. The summed E-state index contributed by atoms with van der Waals surface area (Å²) in [4.78, 5) is 19.3. The highest BCUT2D eigenvalue weighted by Gasteiger charge is 2.22. The number of likely N-dealkylation sites (tertiary alicyclic amines) is 1. The van der Waals surface area contributed by atoms with Gasteiger partial charge < -0.3 is 4.90 Å². The van der Waals surface area contributed by atoms with Crippen LogP contribution in [-0.2, 0) is 0 Å². The Balaban J connectivity index is 1.71. The zero-order valence-electron chi connectivity index (χ0n) is 12.9. The largest absolute Gasteiger partial charge is 0.338 e. The van der Waals surface area contributed by atoms with Crippen LogP contribution < -0.4 is 0 Å². The predicted molar refractivity (Wildman–Crippen MR) is 93.8 cm³/mol. The van der Waals surface area contributed by atoms with Crippen molar-refractivity contribution in [3.8, 4) is 11.8 Å². The number of piperidine rings is 1. The number of aromatic nitrogens is 1. The number of hydrogen-bond donors (Lipinski definition) is 0. The van der Waals surface area contributed by atoms with Crippen molar-refractivity contribution in [3.05, 3.63) is 50.9 Å². The number of thiazole rings is 1. The average molecular weight is 345 g/mol. The summed E-state index contributed by atoms with van der Waals surface area (Å²) in [5.74, 6) is 6.77. The van der Waals surface area contributed by atoms with E-state index in [9.17, 15) is 4.79 Å². The molecule has 118 valence electrons.